The summed E-state index contributed by atoms with van der Waals surface area (Å²) in [5.74, 6) is -2.38. The Morgan fingerprint density at radius 1 is 1.26 bits per heavy atom. The molecule has 1 aliphatic heterocycles. The third-order valence-electron chi connectivity index (χ3n) is 4.34. The van der Waals surface area contributed by atoms with Gasteiger partial charge in [-0.2, -0.15) is 0 Å². The van der Waals surface area contributed by atoms with Gasteiger partial charge in [-0.05, 0) is 25.0 Å². The summed E-state index contributed by atoms with van der Waals surface area (Å²) >= 11 is 0. The lowest BCUT2D eigenvalue weighted by Gasteiger charge is -2.10. The summed E-state index contributed by atoms with van der Waals surface area (Å²) in [7, 11) is 0. The molecule has 1 fully saturated rings. The standard InChI is InChI=1S/C20H24O7/c1-13-5-3-2-4-6-14-11-15(27-20(25)10-8-18(22)23)12-16(14)17(21)7-9-19(24)26-13/h2-4,6-7,9,13-15,21H,5,8,10-12H2,1H3,(H,22,23)/b3-2+,6-4+,9-7+,17-16+/t13?,14-,15+/m1/s1. The number of hydrogen-bond donors (Lipinski definition) is 2. The number of carbonyl (C=O) groups excluding carboxylic acids is 2. The lowest BCUT2D eigenvalue weighted by molar-refractivity contribution is -0.151. The number of carboxylic acid groups (broad SMARTS) is 1. The van der Waals surface area contributed by atoms with Crippen LogP contribution in [0, 0.1) is 5.92 Å². The van der Waals surface area contributed by atoms with Gasteiger partial charge in [0.05, 0.1) is 12.8 Å². The molecule has 0 spiro atoms. The summed E-state index contributed by atoms with van der Waals surface area (Å²) in [5.41, 5.74) is 0.659. The minimum absolute atomic E-state index is 0.0541. The van der Waals surface area contributed by atoms with Crippen LogP contribution in [0.25, 0.3) is 0 Å². The van der Waals surface area contributed by atoms with E-state index in [0.29, 0.717) is 24.8 Å². The van der Waals surface area contributed by atoms with E-state index in [1.54, 1.807) is 6.92 Å². The Morgan fingerprint density at radius 3 is 2.78 bits per heavy atom. The normalized spacial score (nSPS) is 32.0. The van der Waals surface area contributed by atoms with E-state index in [4.69, 9.17) is 14.6 Å². The van der Waals surface area contributed by atoms with Crippen LogP contribution >= 0.6 is 0 Å². The smallest absolute Gasteiger partial charge is 0.331 e. The van der Waals surface area contributed by atoms with E-state index in [1.165, 1.54) is 12.2 Å². The number of ether oxygens (including phenoxy) is 2. The molecule has 0 aromatic rings. The van der Waals surface area contributed by atoms with E-state index in [9.17, 15) is 19.5 Å². The maximum absolute atomic E-state index is 11.8. The molecule has 27 heavy (non-hydrogen) atoms. The summed E-state index contributed by atoms with van der Waals surface area (Å²) in [4.78, 5) is 34.1. The molecule has 1 aliphatic carbocycles. The van der Waals surface area contributed by atoms with Crippen molar-refractivity contribution in [3.05, 3.63) is 47.8 Å². The highest BCUT2D eigenvalue weighted by atomic mass is 16.5. The second kappa shape index (κ2) is 9.75. The highest BCUT2D eigenvalue weighted by molar-refractivity contribution is 5.82. The number of hydrogen-bond acceptors (Lipinski definition) is 6. The van der Waals surface area contributed by atoms with E-state index in [-0.39, 0.29) is 30.6 Å². The van der Waals surface area contributed by atoms with Crippen molar-refractivity contribution < 1.29 is 34.1 Å². The molecule has 0 bridgehead atoms. The minimum Gasteiger partial charge on any atom is -0.508 e. The van der Waals surface area contributed by atoms with E-state index < -0.39 is 24.0 Å². The number of rotatable bonds is 4. The van der Waals surface area contributed by atoms with Crippen LogP contribution in [0.5, 0.6) is 0 Å². The van der Waals surface area contributed by atoms with Gasteiger partial charge in [0.2, 0.25) is 0 Å². The molecule has 2 aliphatic rings. The Kier molecular flexibility index (Phi) is 7.40. The fraction of sp³-hybridized carbons (Fsp3) is 0.450. The molecule has 0 aromatic carbocycles. The summed E-state index contributed by atoms with van der Waals surface area (Å²) in [6.07, 6.45) is 10.1. The Labute approximate surface area is 157 Å². The maximum atomic E-state index is 11.8. The third-order valence-corrected chi connectivity index (χ3v) is 4.34. The van der Waals surface area contributed by atoms with E-state index >= 15 is 0 Å². The van der Waals surface area contributed by atoms with Crippen LogP contribution in [0.4, 0.5) is 0 Å². The molecule has 7 nitrogen and oxygen atoms in total. The molecule has 2 N–H and O–H groups in total. The molecule has 146 valence electrons. The van der Waals surface area contributed by atoms with Crippen LogP contribution in [0.3, 0.4) is 0 Å². The van der Waals surface area contributed by atoms with Gasteiger partial charge < -0.3 is 19.7 Å². The number of allylic oxidation sites excluding steroid dienone is 4. The number of cyclic esters (lactones) is 1. The van der Waals surface area contributed by atoms with Crippen molar-refractivity contribution in [2.75, 3.05) is 0 Å². The Hall–Kier alpha value is -2.83. The lowest BCUT2D eigenvalue weighted by Crippen LogP contribution is -2.16. The largest absolute Gasteiger partial charge is 0.508 e. The summed E-state index contributed by atoms with van der Waals surface area (Å²) in [6, 6.07) is 0. The molecule has 0 radical (unpaired) electrons. The summed E-state index contributed by atoms with van der Waals surface area (Å²) < 4.78 is 10.5. The maximum Gasteiger partial charge on any atom is 0.331 e. The molecule has 1 saturated carbocycles. The summed E-state index contributed by atoms with van der Waals surface area (Å²) in [6.45, 7) is 1.79. The van der Waals surface area contributed by atoms with Gasteiger partial charge in [0.1, 0.15) is 18.0 Å². The van der Waals surface area contributed by atoms with Gasteiger partial charge in [0.15, 0.2) is 0 Å². The number of carbonyl (C=O) groups is 3. The fourth-order valence-corrected chi connectivity index (χ4v) is 3.03. The number of esters is 2. The third kappa shape index (κ3) is 6.77. The first-order valence-corrected chi connectivity index (χ1v) is 8.90. The van der Waals surface area contributed by atoms with E-state index in [1.807, 2.05) is 24.3 Å². The van der Waals surface area contributed by atoms with E-state index in [2.05, 4.69) is 0 Å². The second-order valence-electron chi connectivity index (χ2n) is 6.59. The quantitative estimate of drug-likeness (QED) is 0.726. The van der Waals surface area contributed by atoms with Crippen LogP contribution in [0.2, 0.25) is 0 Å². The molecule has 3 atom stereocenters. The van der Waals surface area contributed by atoms with Gasteiger partial charge in [-0.1, -0.05) is 24.3 Å². The van der Waals surface area contributed by atoms with Crippen molar-refractivity contribution in [2.24, 2.45) is 5.92 Å². The molecule has 0 saturated heterocycles. The molecule has 7 heteroatoms. The fourth-order valence-electron chi connectivity index (χ4n) is 3.03. The van der Waals surface area contributed by atoms with Crippen LogP contribution in [0.15, 0.2) is 47.8 Å². The molecule has 0 aromatic heterocycles. The Bertz CT molecular complexity index is 699. The monoisotopic (exact) mass is 376 g/mol. The summed E-state index contributed by atoms with van der Waals surface area (Å²) in [5, 5.41) is 19.0. The zero-order valence-corrected chi connectivity index (χ0v) is 15.2. The van der Waals surface area contributed by atoms with Crippen LogP contribution in [-0.2, 0) is 23.9 Å². The van der Waals surface area contributed by atoms with Crippen LogP contribution in [-0.4, -0.2) is 40.3 Å². The Balaban J connectivity index is 2.13. The predicted octanol–water partition coefficient (Wildman–Crippen LogP) is 2.99. The minimum atomic E-state index is -1.06. The Morgan fingerprint density at radius 2 is 2.04 bits per heavy atom. The van der Waals surface area contributed by atoms with Crippen molar-refractivity contribution in [2.45, 2.75) is 51.2 Å². The van der Waals surface area contributed by atoms with Crippen molar-refractivity contribution in [3.63, 3.8) is 0 Å². The first kappa shape index (κ1) is 20.5. The highest BCUT2D eigenvalue weighted by Gasteiger charge is 2.32. The molecule has 2 rings (SSSR count). The van der Waals surface area contributed by atoms with Crippen molar-refractivity contribution in [1.29, 1.82) is 0 Å². The van der Waals surface area contributed by atoms with Gasteiger partial charge in [-0.25, -0.2) is 4.79 Å². The zero-order valence-electron chi connectivity index (χ0n) is 15.2. The lowest BCUT2D eigenvalue weighted by atomic mass is 10.0. The number of aliphatic carboxylic acids is 1. The molecular weight excluding hydrogens is 352 g/mol. The van der Waals surface area contributed by atoms with Crippen molar-refractivity contribution in [3.8, 4) is 0 Å². The van der Waals surface area contributed by atoms with Crippen molar-refractivity contribution >= 4 is 17.9 Å². The number of carboxylic acids is 1. The predicted molar refractivity (Wildman–Crippen MR) is 96.7 cm³/mol. The van der Waals surface area contributed by atoms with Gasteiger partial charge in [0, 0.05) is 24.8 Å². The molecular formula is C20H24O7. The molecule has 0 amide bonds. The van der Waals surface area contributed by atoms with Gasteiger partial charge in [-0.15, -0.1) is 0 Å². The molecule has 1 heterocycles. The topological polar surface area (TPSA) is 110 Å². The average molecular weight is 376 g/mol. The van der Waals surface area contributed by atoms with Gasteiger partial charge in [-0.3, -0.25) is 9.59 Å². The van der Waals surface area contributed by atoms with Crippen LogP contribution in [0.1, 0.15) is 39.0 Å². The van der Waals surface area contributed by atoms with Crippen LogP contribution < -0.4 is 0 Å². The SMILES string of the molecule is CC1C/C=C/C=C/[C@@H]2C[C@H](OC(=O)CCC(=O)O)C/C2=C(O)/C=C/C(=O)O1. The molecule has 1 unspecified atom stereocenters. The van der Waals surface area contributed by atoms with Gasteiger partial charge >= 0.3 is 17.9 Å². The average Bonchev–Trinajstić information content (AvgIpc) is 2.99. The van der Waals surface area contributed by atoms with Crippen molar-refractivity contribution in [1.82, 2.24) is 0 Å². The first-order valence-electron chi connectivity index (χ1n) is 8.90. The highest BCUT2D eigenvalue weighted by Crippen LogP contribution is 2.36. The second-order valence-corrected chi connectivity index (χ2v) is 6.59. The number of aliphatic hydroxyl groups is 1. The number of fused-ring (bicyclic) bond motifs is 1. The van der Waals surface area contributed by atoms with E-state index in [0.717, 1.165) is 0 Å². The zero-order chi connectivity index (χ0) is 19.8. The van der Waals surface area contributed by atoms with Gasteiger partial charge in [0.25, 0.3) is 0 Å². The number of aliphatic hydroxyl groups excluding tert-OH is 1. The first-order chi connectivity index (χ1) is 12.8.